The highest BCUT2D eigenvalue weighted by molar-refractivity contribution is 7.99. The van der Waals surface area contributed by atoms with E-state index < -0.39 is 11.7 Å². The number of hydrogen-bond donors (Lipinski definition) is 1. The number of carbonyl (C=O) groups is 1. The Hall–Kier alpha value is -2.78. The molecule has 0 bridgehead atoms. The molecule has 0 radical (unpaired) electrons. The third kappa shape index (κ3) is 5.29. The lowest BCUT2D eigenvalue weighted by Gasteiger charge is -2.12. The summed E-state index contributed by atoms with van der Waals surface area (Å²) in [6.45, 7) is 0.781. The van der Waals surface area contributed by atoms with E-state index in [0.29, 0.717) is 11.3 Å². The number of aromatic nitrogens is 2. The van der Waals surface area contributed by atoms with Crippen molar-refractivity contribution in [3.8, 4) is 5.69 Å². The van der Waals surface area contributed by atoms with E-state index in [0.717, 1.165) is 42.2 Å². The maximum atomic E-state index is 13.0. The Morgan fingerprint density at radius 3 is 2.84 bits per heavy atom. The molecule has 1 amide bonds. The zero-order valence-electron chi connectivity index (χ0n) is 16.4. The van der Waals surface area contributed by atoms with E-state index in [-0.39, 0.29) is 17.7 Å². The summed E-state index contributed by atoms with van der Waals surface area (Å²) in [7, 11) is 0. The summed E-state index contributed by atoms with van der Waals surface area (Å²) in [6.07, 6.45) is 0.729. The number of halogens is 3. The van der Waals surface area contributed by atoms with Crippen molar-refractivity contribution in [1.29, 1.82) is 0 Å². The van der Waals surface area contributed by atoms with Crippen molar-refractivity contribution in [2.24, 2.45) is 0 Å². The minimum atomic E-state index is -4.44. The van der Waals surface area contributed by atoms with Crippen molar-refractivity contribution < 1.29 is 22.7 Å². The maximum absolute atomic E-state index is 13.0. The van der Waals surface area contributed by atoms with Crippen LogP contribution in [0.5, 0.6) is 0 Å². The highest BCUT2D eigenvalue weighted by Crippen LogP contribution is 2.31. The summed E-state index contributed by atoms with van der Waals surface area (Å²) >= 11 is 1.58. The number of hydrogen-bond acceptors (Lipinski definition) is 4. The molecular weight excluding hydrogens is 427 g/mol. The molecule has 1 N–H and O–H groups in total. The minimum absolute atomic E-state index is 0.201. The monoisotopic (exact) mass is 447 g/mol. The molecule has 0 spiro atoms. The van der Waals surface area contributed by atoms with Crippen LogP contribution < -0.4 is 5.32 Å². The SMILES string of the molecule is O=C(Nc1cnn(-c2cccc(C(F)(F)F)c2)c1)c1ccccc1SCC1CCCO1. The van der Waals surface area contributed by atoms with Crippen molar-refractivity contribution in [2.75, 3.05) is 17.7 Å². The summed E-state index contributed by atoms with van der Waals surface area (Å²) in [5, 5.41) is 6.85. The van der Waals surface area contributed by atoms with Gasteiger partial charge in [0.1, 0.15) is 0 Å². The van der Waals surface area contributed by atoms with E-state index in [9.17, 15) is 18.0 Å². The number of thioether (sulfide) groups is 1. The molecule has 1 aromatic heterocycles. The Bertz CT molecular complexity index is 1060. The molecule has 3 aromatic rings. The molecule has 4 rings (SSSR count). The molecule has 5 nitrogen and oxygen atoms in total. The fraction of sp³-hybridized carbons (Fsp3) is 0.273. The molecule has 31 heavy (non-hydrogen) atoms. The number of carbonyl (C=O) groups excluding carboxylic acids is 1. The van der Waals surface area contributed by atoms with Crippen LogP contribution in [0.2, 0.25) is 0 Å². The topological polar surface area (TPSA) is 56.2 Å². The Morgan fingerprint density at radius 1 is 1.23 bits per heavy atom. The second kappa shape index (κ2) is 9.15. The molecule has 2 heterocycles. The highest BCUT2D eigenvalue weighted by Gasteiger charge is 2.30. The average molecular weight is 447 g/mol. The van der Waals surface area contributed by atoms with Gasteiger partial charge in [-0.05, 0) is 43.2 Å². The fourth-order valence-electron chi connectivity index (χ4n) is 3.29. The third-order valence-electron chi connectivity index (χ3n) is 4.86. The quantitative estimate of drug-likeness (QED) is 0.513. The highest BCUT2D eigenvalue weighted by atomic mass is 32.2. The Labute approximate surface area is 181 Å². The van der Waals surface area contributed by atoms with Crippen molar-refractivity contribution in [3.63, 3.8) is 0 Å². The lowest BCUT2D eigenvalue weighted by atomic mass is 10.2. The Kier molecular flexibility index (Phi) is 6.33. The molecule has 1 fully saturated rings. The first-order chi connectivity index (χ1) is 14.9. The zero-order chi connectivity index (χ0) is 21.8. The van der Waals surface area contributed by atoms with Gasteiger partial charge in [-0.25, -0.2) is 4.68 Å². The smallest absolute Gasteiger partial charge is 0.377 e. The standard InChI is InChI=1S/C22H20F3N3O2S/c23-22(24,25)15-5-3-6-17(11-15)28-13-16(12-26-28)27-21(29)19-8-1-2-9-20(19)31-14-18-7-4-10-30-18/h1-3,5-6,8-9,11-13,18H,4,7,10,14H2,(H,27,29). The van der Waals surface area contributed by atoms with Gasteiger partial charge in [0.2, 0.25) is 0 Å². The number of rotatable bonds is 6. The third-order valence-corrected chi connectivity index (χ3v) is 6.06. The summed E-state index contributed by atoms with van der Waals surface area (Å²) < 4.78 is 45.8. The van der Waals surface area contributed by atoms with E-state index >= 15 is 0 Å². The van der Waals surface area contributed by atoms with Crippen molar-refractivity contribution in [3.05, 3.63) is 72.1 Å². The molecule has 9 heteroatoms. The number of alkyl halides is 3. The summed E-state index contributed by atoms with van der Waals surface area (Å²) in [4.78, 5) is 13.7. The van der Waals surface area contributed by atoms with Crippen LogP contribution in [0.3, 0.4) is 0 Å². The predicted octanol–water partition coefficient (Wildman–Crippen LogP) is 5.41. The summed E-state index contributed by atoms with van der Waals surface area (Å²) in [5.74, 6) is 0.469. The van der Waals surface area contributed by atoms with Crippen LogP contribution in [0.15, 0.2) is 65.8 Å². The van der Waals surface area contributed by atoms with Gasteiger partial charge < -0.3 is 10.1 Å². The molecule has 1 saturated heterocycles. The van der Waals surface area contributed by atoms with Crippen LogP contribution in [0.1, 0.15) is 28.8 Å². The van der Waals surface area contributed by atoms with Crippen LogP contribution in [0, 0.1) is 0 Å². The Morgan fingerprint density at radius 2 is 2.06 bits per heavy atom. The predicted molar refractivity (Wildman–Crippen MR) is 113 cm³/mol. The molecule has 1 aliphatic rings. The number of anilines is 1. The van der Waals surface area contributed by atoms with Crippen LogP contribution >= 0.6 is 11.8 Å². The molecule has 0 aliphatic carbocycles. The van der Waals surface area contributed by atoms with Crippen molar-refractivity contribution >= 4 is 23.4 Å². The second-order valence-corrected chi connectivity index (χ2v) is 8.18. The lowest BCUT2D eigenvalue weighted by molar-refractivity contribution is -0.137. The minimum Gasteiger partial charge on any atom is -0.377 e. The van der Waals surface area contributed by atoms with Gasteiger partial charge in [-0.3, -0.25) is 4.79 Å². The van der Waals surface area contributed by atoms with Crippen LogP contribution in [0.4, 0.5) is 18.9 Å². The van der Waals surface area contributed by atoms with Crippen LogP contribution in [-0.2, 0) is 10.9 Å². The number of ether oxygens (including phenoxy) is 1. The van der Waals surface area contributed by atoms with E-state index in [4.69, 9.17) is 4.74 Å². The number of nitrogens with zero attached hydrogens (tertiary/aromatic N) is 2. The average Bonchev–Trinajstić information content (AvgIpc) is 3.44. The molecular formula is C22H20F3N3O2S. The molecule has 1 aliphatic heterocycles. The van der Waals surface area contributed by atoms with Gasteiger partial charge in [0.15, 0.2) is 0 Å². The van der Waals surface area contributed by atoms with Gasteiger partial charge in [-0.1, -0.05) is 18.2 Å². The summed E-state index contributed by atoms with van der Waals surface area (Å²) in [5.41, 5.74) is 0.407. The van der Waals surface area contributed by atoms with E-state index in [1.165, 1.54) is 29.2 Å². The fourth-order valence-corrected chi connectivity index (χ4v) is 4.41. The van der Waals surface area contributed by atoms with Crippen molar-refractivity contribution in [1.82, 2.24) is 9.78 Å². The van der Waals surface area contributed by atoms with Gasteiger partial charge in [0.05, 0.1) is 41.0 Å². The van der Waals surface area contributed by atoms with Crippen LogP contribution in [-0.4, -0.2) is 34.2 Å². The summed E-state index contributed by atoms with van der Waals surface area (Å²) in [6, 6.07) is 12.1. The first kappa shape index (κ1) is 21.5. The van der Waals surface area contributed by atoms with Gasteiger partial charge >= 0.3 is 6.18 Å². The Balaban J connectivity index is 1.46. The maximum Gasteiger partial charge on any atom is 0.416 e. The number of nitrogens with one attached hydrogen (secondary N) is 1. The zero-order valence-corrected chi connectivity index (χ0v) is 17.2. The largest absolute Gasteiger partial charge is 0.416 e. The lowest BCUT2D eigenvalue weighted by Crippen LogP contribution is -2.13. The first-order valence-corrected chi connectivity index (χ1v) is 10.8. The molecule has 162 valence electrons. The van der Waals surface area contributed by atoms with Gasteiger partial charge in [-0.2, -0.15) is 18.3 Å². The van der Waals surface area contributed by atoms with Gasteiger partial charge in [0.25, 0.3) is 5.91 Å². The van der Waals surface area contributed by atoms with Crippen LogP contribution in [0.25, 0.3) is 5.69 Å². The van der Waals surface area contributed by atoms with Gasteiger partial charge in [0, 0.05) is 17.3 Å². The second-order valence-electron chi connectivity index (χ2n) is 7.12. The molecule has 0 saturated carbocycles. The van der Waals surface area contributed by atoms with E-state index in [1.807, 2.05) is 12.1 Å². The van der Waals surface area contributed by atoms with Crippen molar-refractivity contribution in [2.45, 2.75) is 30.0 Å². The molecule has 1 atom stereocenters. The van der Waals surface area contributed by atoms with E-state index in [2.05, 4.69) is 10.4 Å². The number of amides is 1. The van der Waals surface area contributed by atoms with Gasteiger partial charge in [-0.15, -0.1) is 11.8 Å². The number of benzene rings is 2. The first-order valence-electron chi connectivity index (χ1n) is 9.77. The van der Waals surface area contributed by atoms with E-state index in [1.54, 1.807) is 23.9 Å². The molecule has 1 unspecified atom stereocenters. The molecule has 2 aromatic carbocycles. The normalized spacial score (nSPS) is 16.4.